The van der Waals surface area contributed by atoms with Gasteiger partial charge in [0, 0.05) is 39.7 Å². The van der Waals surface area contributed by atoms with E-state index in [0.29, 0.717) is 17.7 Å². The highest BCUT2D eigenvalue weighted by atomic mass is 19.1. The number of hydrogen-bond acceptors (Lipinski definition) is 3. The summed E-state index contributed by atoms with van der Waals surface area (Å²) >= 11 is 0. The first kappa shape index (κ1) is 20.5. The van der Waals surface area contributed by atoms with E-state index in [0.717, 1.165) is 11.1 Å². The zero-order valence-electron chi connectivity index (χ0n) is 16.7. The Morgan fingerprint density at radius 1 is 1.14 bits per heavy atom. The zero-order valence-corrected chi connectivity index (χ0v) is 16.7. The summed E-state index contributed by atoms with van der Waals surface area (Å²) in [4.78, 5) is 40.1. The van der Waals surface area contributed by atoms with Gasteiger partial charge in [-0.15, -0.1) is 0 Å². The molecule has 152 valence electrons. The smallest absolute Gasteiger partial charge is 0.245 e. The fourth-order valence-electron chi connectivity index (χ4n) is 3.55. The van der Waals surface area contributed by atoms with Gasteiger partial charge in [-0.1, -0.05) is 24.3 Å². The van der Waals surface area contributed by atoms with Crippen LogP contribution in [0.15, 0.2) is 42.5 Å². The second kappa shape index (κ2) is 8.43. The average Bonchev–Trinajstić information content (AvgIpc) is 2.67. The lowest BCUT2D eigenvalue weighted by Gasteiger charge is -2.37. The fraction of sp³-hybridized carbons (Fsp3) is 0.318. The Bertz CT molecular complexity index is 958. The van der Waals surface area contributed by atoms with Gasteiger partial charge in [-0.3, -0.25) is 14.4 Å². The molecule has 0 spiro atoms. The van der Waals surface area contributed by atoms with Crippen molar-refractivity contribution in [2.75, 3.05) is 19.4 Å². The van der Waals surface area contributed by atoms with Gasteiger partial charge in [0.1, 0.15) is 11.9 Å². The van der Waals surface area contributed by atoms with Crippen LogP contribution in [0.25, 0.3) is 0 Å². The summed E-state index contributed by atoms with van der Waals surface area (Å²) in [5.41, 5.74) is 2.75. The topological polar surface area (TPSA) is 69.7 Å². The van der Waals surface area contributed by atoms with E-state index in [9.17, 15) is 18.8 Å². The number of carbonyl (C=O) groups is 3. The molecule has 0 unspecified atom stereocenters. The molecule has 1 heterocycles. The molecule has 3 rings (SSSR count). The van der Waals surface area contributed by atoms with Crippen LogP contribution < -0.4 is 5.32 Å². The number of hydrogen-bond donors (Lipinski definition) is 1. The number of carbonyl (C=O) groups excluding carboxylic acids is 3. The van der Waals surface area contributed by atoms with Crippen molar-refractivity contribution >= 4 is 23.4 Å². The summed E-state index contributed by atoms with van der Waals surface area (Å²) in [5.74, 6) is -1.12. The van der Waals surface area contributed by atoms with Gasteiger partial charge >= 0.3 is 0 Å². The lowest BCUT2D eigenvalue weighted by molar-refractivity contribution is -0.145. The highest BCUT2D eigenvalue weighted by molar-refractivity contribution is 5.90. The van der Waals surface area contributed by atoms with Crippen molar-refractivity contribution in [1.82, 2.24) is 9.80 Å². The van der Waals surface area contributed by atoms with E-state index in [2.05, 4.69) is 5.32 Å². The third-order valence-corrected chi connectivity index (χ3v) is 5.00. The molecule has 2 aromatic carbocycles. The van der Waals surface area contributed by atoms with E-state index in [4.69, 9.17) is 0 Å². The van der Waals surface area contributed by atoms with Gasteiger partial charge in [-0.2, -0.15) is 0 Å². The number of rotatable bonds is 4. The number of halogens is 1. The molecule has 1 aliphatic rings. The zero-order chi connectivity index (χ0) is 21.1. The van der Waals surface area contributed by atoms with Crippen LogP contribution in [-0.2, 0) is 33.8 Å². The number of likely N-dealkylation sites (N-methyl/N-ethyl adjacent to an activating group) is 1. The standard InChI is InChI=1S/C22H24FN3O3/c1-14(27)24-18-9-8-15-11-20(22(29)25(2)3)26(13-17(15)10-18)21(28)12-16-6-4-5-7-19(16)23/h4-10,20H,11-13H2,1-3H3,(H,24,27)/t20-/m0/s1. The predicted molar refractivity (Wildman–Crippen MR) is 108 cm³/mol. The SMILES string of the molecule is CC(=O)Nc1ccc2c(c1)CN(C(=O)Cc1ccccc1F)[C@H](C(=O)N(C)C)C2. The lowest BCUT2D eigenvalue weighted by Crippen LogP contribution is -2.52. The maximum atomic E-state index is 14.0. The van der Waals surface area contributed by atoms with Gasteiger partial charge in [-0.05, 0) is 34.9 Å². The number of nitrogens with one attached hydrogen (secondary N) is 1. The van der Waals surface area contributed by atoms with Crippen molar-refractivity contribution in [3.8, 4) is 0 Å². The van der Waals surface area contributed by atoms with Gasteiger partial charge in [0.05, 0.1) is 6.42 Å². The van der Waals surface area contributed by atoms with Gasteiger partial charge in [0.2, 0.25) is 17.7 Å². The second-order valence-corrected chi connectivity index (χ2v) is 7.41. The van der Waals surface area contributed by atoms with Crippen molar-refractivity contribution in [3.05, 3.63) is 65.0 Å². The number of anilines is 1. The summed E-state index contributed by atoms with van der Waals surface area (Å²) in [6, 6.07) is 11.0. The molecular formula is C22H24FN3O3. The molecule has 2 aromatic rings. The summed E-state index contributed by atoms with van der Waals surface area (Å²) in [7, 11) is 3.30. The van der Waals surface area contributed by atoms with Crippen molar-refractivity contribution in [2.24, 2.45) is 0 Å². The van der Waals surface area contributed by atoms with Crippen LogP contribution >= 0.6 is 0 Å². The molecule has 1 aliphatic heterocycles. The van der Waals surface area contributed by atoms with E-state index < -0.39 is 11.9 Å². The molecule has 3 amide bonds. The maximum Gasteiger partial charge on any atom is 0.245 e. The third-order valence-electron chi connectivity index (χ3n) is 5.00. The van der Waals surface area contributed by atoms with Gasteiger partial charge in [0.15, 0.2) is 0 Å². The Balaban J connectivity index is 1.91. The number of nitrogens with zero attached hydrogens (tertiary/aromatic N) is 2. The monoisotopic (exact) mass is 397 g/mol. The Kier molecular flexibility index (Phi) is 5.96. The molecule has 29 heavy (non-hydrogen) atoms. The van der Waals surface area contributed by atoms with Crippen LogP contribution in [0.1, 0.15) is 23.6 Å². The minimum atomic E-state index is -0.650. The summed E-state index contributed by atoms with van der Waals surface area (Å²) < 4.78 is 14.0. The third kappa shape index (κ3) is 4.62. The van der Waals surface area contributed by atoms with Gasteiger partial charge in [-0.25, -0.2) is 4.39 Å². The van der Waals surface area contributed by atoms with E-state index in [1.165, 1.54) is 22.8 Å². The van der Waals surface area contributed by atoms with E-state index in [-0.39, 0.29) is 30.7 Å². The molecule has 0 radical (unpaired) electrons. The molecule has 7 heteroatoms. The quantitative estimate of drug-likeness (QED) is 0.861. The highest BCUT2D eigenvalue weighted by Crippen LogP contribution is 2.28. The summed E-state index contributed by atoms with van der Waals surface area (Å²) in [6.07, 6.45) is 0.250. The number of benzene rings is 2. The normalized spacial score (nSPS) is 15.4. The molecule has 0 fully saturated rings. The van der Waals surface area contributed by atoms with Crippen molar-refractivity contribution in [1.29, 1.82) is 0 Å². The molecule has 0 saturated carbocycles. The predicted octanol–water partition coefficient (Wildman–Crippen LogP) is 2.37. The van der Waals surface area contributed by atoms with Gasteiger partial charge in [0.25, 0.3) is 0 Å². The largest absolute Gasteiger partial charge is 0.347 e. The van der Waals surface area contributed by atoms with E-state index >= 15 is 0 Å². The lowest BCUT2D eigenvalue weighted by atomic mass is 9.92. The Morgan fingerprint density at radius 2 is 1.86 bits per heavy atom. The van der Waals surface area contributed by atoms with Crippen molar-refractivity contribution < 1.29 is 18.8 Å². The van der Waals surface area contributed by atoms with Crippen molar-refractivity contribution in [3.63, 3.8) is 0 Å². The first-order valence-electron chi connectivity index (χ1n) is 9.39. The van der Waals surface area contributed by atoms with Crippen LogP contribution in [0.2, 0.25) is 0 Å². The molecule has 1 atom stereocenters. The average molecular weight is 397 g/mol. The first-order chi connectivity index (χ1) is 13.8. The number of amides is 3. The Morgan fingerprint density at radius 3 is 2.52 bits per heavy atom. The Hall–Kier alpha value is -3.22. The summed E-state index contributed by atoms with van der Waals surface area (Å²) in [5, 5.41) is 2.73. The van der Waals surface area contributed by atoms with Crippen LogP contribution in [0.4, 0.5) is 10.1 Å². The number of fused-ring (bicyclic) bond motifs is 1. The Labute approximate surface area is 169 Å². The van der Waals surface area contributed by atoms with Crippen LogP contribution in [0.5, 0.6) is 0 Å². The van der Waals surface area contributed by atoms with Crippen LogP contribution in [-0.4, -0.2) is 47.7 Å². The van der Waals surface area contributed by atoms with E-state index in [1.807, 2.05) is 12.1 Å². The van der Waals surface area contributed by atoms with Gasteiger partial charge < -0.3 is 15.1 Å². The minimum Gasteiger partial charge on any atom is -0.347 e. The molecule has 0 aliphatic carbocycles. The van der Waals surface area contributed by atoms with Crippen LogP contribution in [0.3, 0.4) is 0 Å². The first-order valence-corrected chi connectivity index (χ1v) is 9.39. The van der Waals surface area contributed by atoms with E-state index in [1.54, 1.807) is 38.4 Å². The summed E-state index contributed by atoms with van der Waals surface area (Å²) in [6.45, 7) is 1.65. The fourth-order valence-corrected chi connectivity index (χ4v) is 3.55. The highest BCUT2D eigenvalue weighted by Gasteiger charge is 2.35. The molecule has 6 nitrogen and oxygen atoms in total. The van der Waals surface area contributed by atoms with Crippen molar-refractivity contribution in [2.45, 2.75) is 32.4 Å². The minimum absolute atomic E-state index is 0.120. The molecule has 0 aromatic heterocycles. The second-order valence-electron chi connectivity index (χ2n) is 7.41. The molecule has 0 saturated heterocycles. The maximum absolute atomic E-state index is 14.0. The molecular weight excluding hydrogens is 373 g/mol. The molecule has 1 N–H and O–H groups in total. The van der Waals surface area contributed by atoms with Crippen LogP contribution in [0, 0.1) is 5.82 Å². The molecule has 0 bridgehead atoms.